The van der Waals surface area contributed by atoms with Crippen LogP contribution >= 0.6 is 0 Å². The molecule has 0 atom stereocenters. The van der Waals surface area contributed by atoms with Gasteiger partial charge >= 0.3 is 0 Å². The number of benzene rings is 2. The molecule has 0 fully saturated rings. The third-order valence-electron chi connectivity index (χ3n) is 3.79. The van der Waals surface area contributed by atoms with Gasteiger partial charge in [0.15, 0.2) is 0 Å². The predicted octanol–water partition coefficient (Wildman–Crippen LogP) is 2.41. The minimum atomic E-state index is -3.78. The lowest BCUT2D eigenvalue weighted by Gasteiger charge is -2.05. The van der Waals surface area contributed by atoms with Gasteiger partial charge in [0.25, 0.3) is 10.0 Å². The molecule has 0 unspecified atom stereocenters. The van der Waals surface area contributed by atoms with Gasteiger partial charge in [-0.3, -0.25) is 5.10 Å². The Hall–Kier alpha value is -3.33. The van der Waals surface area contributed by atoms with Crippen molar-refractivity contribution in [1.82, 2.24) is 15.0 Å². The zero-order valence-electron chi connectivity index (χ0n) is 14.7. The van der Waals surface area contributed by atoms with Gasteiger partial charge in [0.05, 0.1) is 37.2 Å². The highest BCUT2D eigenvalue weighted by Crippen LogP contribution is 2.22. The summed E-state index contributed by atoms with van der Waals surface area (Å²) in [6.45, 7) is 0. The molecule has 2 aromatic carbocycles. The van der Waals surface area contributed by atoms with Crippen molar-refractivity contribution in [1.29, 1.82) is 0 Å². The number of hydrogen-bond donors (Lipinski definition) is 2. The molecule has 0 aliphatic carbocycles. The summed E-state index contributed by atoms with van der Waals surface area (Å²) in [4.78, 5) is 2.27. The molecule has 0 spiro atoms. The number of hydrogen-bond acceptors (Lipinski definition) is 6. The molecule has 9 heteroatoms. The van der Waals surface area contributed by atoms with Crippen LogP contribution in [0.2, 0.25) is 0 Å². The van der Waals surface area contributed by atoms with Crippen LogP contribution in [0.25, 0.3) is 11.3 Å². The van der Waals surface area contributed by atoms with Crippen molar-refractivity contribution in [3.05, 3.63) is 60.3 Å². The number of hydrazone groups is 1. The van der Waals surface area contributed by atoms with Crippen LogP contribution in [0.4, 0.5) is 0 Å². The highest BCUT2D eigenvalue weighted by atomic mass is 32.2. The molecule has 0 radical (unpaired) electrons. The number of nitrogens with one attached hydrogen (secondary N) is 2. The van der Waals surface area contributed by atoms with Crippen molar-refractivity contribution < 1.29 is 17.9 Å². The topological polar surface area (TPSA) is 106 Å². The molecule has 0 bridgehead atoms. The maximum Gasteiger partial charge on any atom is 0.276 e. The van der Waals surface area contributed by atoms with E-state index in [0.717, 1.165) is 11.3 Å². The van der Waals surface area contributed by atoms with Crippen molar-refractivity contribution in [3.63, 3.8) is 0 Å². The fraction of sp³-hybridized carbons (Fsp3) is 0.111. The monoisotopic (exact) mass is 386 g/mol. The van der Waals surface area contributed by atoms with Crippen molar-refractivity contribution >= 4 is 16.2 Å². The Bertz CT molecular complexity index is 1030. The van der Waals surface area contributed by atoms with Crippen LogP contribution in [0.15, 0.2) is 64.7 Å². The zero-order chi connectivity index (χ0) is 19.3. The molecule has 0 saturated carbocycles. The van der Waals surface area contributed by atoms with Gasteiger partial charge in [0, 0.05) is 11.1 Å². The van der Waals surface area contributed by atoms with Gasteiger partial charge in [0.2, 0.25) is 0 Å². The van der Waals surface area contributed by atoms with Gasteiger partial charge in [0.1, 0.15) is 11.5 Å². The zero-order valence-corrected chi connectivity index (χ0v) is 15.5. The maximum absolute atomic E-state index is 12.3. The largest absolute Gasteiger partial charge is 0.497 e. The summed E-state index contributed by atoms with van der Waals surface area (Å²) < 4.78 is 34.7. The first-order valence-electron chi connectivity index (χ1n) is 7.90. The lowest BCUT2D eigenvalue weighted by Crippen LogP contribution is -2.18. The maximum atomic E-state index is 12.3. The molecule has 1 heterocycles. The van der Waals surface area contributed by atoms with Crippen LogP contribution in [-0.4, -0.2) is 39.0 Å². The summed E-state index contributed by atoms with van der Waals surface area (Å²) in [6, 6.07) is 13.4. The third kappa shape index (κ3) is 4.26. The number of H-pyrrole nitrogens is 1. The molecule has 27 heavy (non-hydrogen) atoms. The average Bonchev–Trinajstić information content (AvgIpc) is 3.16. The summed E-state index contributed by atoms with van der Waals surface area (Å²) in [7, 11) is -0.669. The first-order chi connectivity index (χ1) is 13.0. The molecule has 0 saturated heterocycles. The Kier molecular flexibility index (Phi) is 5.41. The molecule has 0 amide bonds. The van der Waals surface area contributed by atoms with E-state index in [-0.39, 0.29) is 4.90 Å². The fourth-order valence-corrected chi connectivity index (χ4v) is 3.15. The first kappa shape index (κ1) is 18.5. The van der Waals surface area contributed by atoms with E-state index in [1.54, 1.807) is 25.4 Å². The van der Waals surface area contributed by atoms with Crippen molar-refractivity contribution in [2.75, 3.05) is 14.2 Å². The third-order valence-corrected chi connectivity index (χ3v) is 5.03. The number of aromatic amines is 1. The molecule has 2 N–H and O–H groups in total. The van der Waals surface area contributed by atoms with E-state index >= 15 is 0 Å². The fourth-order valence-electron chi connectivity index (χ4n) is 2.36. The minimum absolute atomic E-state index is 0.0861. The second kappa shape index (κ2) is 7.92. The van der Waals surface area contributed by atoms with Crippen LogP contribution in [0.5, 0.6) is 11.5 Å². The number of aromatic nitrogens is 2. The predicted molar refractivity (Wildman–Crippen MR) is 101 cm³/mol. The van der Waals surface area contributed by atoms with E-state index < -0.39 is 10.0 Å². The lowest BCUT2D eigenvalue weighted by atomic mass is 10.1. The molecule has 8 nitrogen and oxygen atoms in total. The smallest absolute Gasteiger partial charge is 0.276 e. The standard InChI is InChI=1S/C18H18N4O4S/c1-25-15-5-3-13(4-6-15)18-14(11-19-21-18)12-20-22-27(23,24)17-9-7-16(26-2)8-10-17/h3-12,22H,1-2H3,(H,19,21)/b20-12+. The van der Waals surface area contributed by atoms with Crippen molar-refractivity contribution in [3.8, 4) is 22.8 Å². The first-order valence-corrected chi connectivity index (χ1v) is 9.38. The molecular formula is C18H18N4O4S. The number of methoxy groups -OCH3 is 2. The van der Waals surface area contributed by atoms with Crippen LogP contribution in [-0.2, 0) is 10.0 Å². The highest BCUT2D eigenvalue weighted by Gasteiger charge is 2.13. The summed E-state index contributed by atoms with van der Waals surface area (Å²) in [5.74, 6) is 1.31. The molecule has 3 aromatic rings. The van der Waals surface area contributed by atoms with Gasteiger partial charge in [-0.15, -0.1) is 0 Å². The molecule has 0 aliphatic rings. The van der Waals surface area contributed by atoms with Gasteiger partial charge in [-0.25, -0.2) is 4.83 Å². The number of nitrogens with zero attached hydrogens (tertiary/aromatic N) is 2. The Morgan fingerprint density at radius 1 is 1.00 bits per heavy atom. The summed E-state index contributed by atoms with van der Waals surface area (Å²) in [5.41, 5.74) is 2.22. The van der Waals surface area contributed by atoms with Gasteiger partial charge in [-0.05, 0) is 48.5 Å². The molecule has 140 valence electrons. The van der Waals surface area contributed by atoms with E-state index in [9.17, 15) is 8.42 Å². The molecule has 3 rings (SSSR count). The van der Waals surface area contributed by atoms with Crippen molar-refractivity contribution in [2.24, 2.45) is 5.10 Å². The van der Waals surface area contributed by atoms with Gasteiger partial charge in [-0.1, -0.05) is 0 Å². The van der Waals surface area contributed by atoms with E-state index in [4.69, 9.17) is 9.47 Å². The Labute approximate surface area is 156 Å². The normalized spacial score (nSPS) is 11.5. The summed E-state index contributed by atoms with van der Waals surface area (Å²) in [6.07, 6.45) is 2.95. The lowest BCUT2D eigenvalue weighted by molar-refractivity contribution is 0.414. The number of ether oxygens (including phenoxy) is 2. The van der Waals surface area contributed by atoms with E-state index in [1.165, 1.54) is 25.5 Å². The van der Waals surface area contributed by atoms with Crippen LogP contribution < -0.4 is 14.3 Å². The molecular weight excluding hydrogens is 368 g/mol. The second-order valence-electron chi connectivity index (χ2n) is 5.46. The highest BCUT2D eigenvalue weighted by molar-refractivity contribution is 7.89. The Balaban J connectivity index is 1.75. The van der Waals surface area contributed by atoms with E-state index in [0.29, 0.717) is 17.0 Å². The number of sulfonamides is 1. The van der Waals surface area contributed by atoms with E-state index in [2.05, 4.69) is 20.1 Å². The Morgan fingerprint density at radius 2 is 1.59 bits per heavy atom. The van der Waals surface area contributed by atoms with E-state index in [1.807, 2.05) is 24.3 Å². The van der Waals surface area contributed by atoms with Crippen molar-refractivity contribution in [2.45, 2.75) is 4.90 Å². The average molecular weight is 386 g/mol. The molecule has 0 aliphatic heterocycles. The SMILES string of the molecule is COc1ccc(-c2[nH]ncc2/C=N/NS(=O)(=O)c2ccc(OC)cc2)cc1. The Morgan fingerprint density at radius 3 is 2.19 bits per heavy atom. The van der Waals surface area contributed by atoms with Crippen LogP contribution in [0.3, 0.4) is 0 Å². The number of rotatable bonds is 7. The quantitative estimate of drug-likeness (QED) is 0.479. The van der Waals surface area contributed by atoms with Gasteiger partial charge in [-0.2, -0.15) is 18.6 Å². The summed E-state index contributed by atoms with van der Waals surface area (Å²) >= 11 is 0. The van der Waals surface area contributed by atoms with Crippen LogP contribution in [0, 0.1) is 0 Å². The van der Waals surface area contributed by atoms with Gasteiger partial charge < -0.3 is 9.47 Å². The van der Waals surface area contributed by atoms with Crippen LogP contribution in [0.1, 0.15) is 5.56 Å². The minimum Gasteiger partial charge on any atom is -0.497 e. The second-order valence-corrected chi connectivity index (χ2v) is 7.12. The molecule has 1 aromatic heterocycles. The summed E-state index contributed by atoms with van der Waals surface area (Å²) in [5, 5.41) is 10.7.